The lowest BCUT2D eigenvalue weighted by molar-refractivity contribution is -0.133. The minimum Gasteiger partial charge on any atom is -0.361 e. The molecule has 2 aliphatic rings. The van der Waals surface area contributed by atoms with Crippen LogP contribution in [0.25, 0.3) is 0 Å². The van der Waals surface area contributed by atoms with Gasteiger partial charge in [0.25, 0.3) is 0 Å². The number of carbonyl (C=O) groups excluding carboxylic acids is 1. The van der Waals surface area contributed by atoms with Crippen LogP contribution in [0.1, 0.15) is 60.5 Å². The van der Waals surface area contributed by atoms with Gasteiger partial charge in [0.1, 0.15) is 12.3 Å². The number of piperidine rings is 1. The molecule has 1 saturated heterocycles. The van der Waals surface area contributed by atoms with Gasteiger partial charge in [-0.3, -0.25) is 9.48 Å². The van der Waals surface area contributed by atoms with Gasteiger partial charge < -0.3 is 9.42 Å². The van der Waals surface area contributed by atoms with E-state index >= 15 is 0 Å². The third kappa shape index (κ3) is 3.51. The number of aryl methyl sites for hydroxylation is 2. The number of amides is 1. The summed E-state index contributed by atoms with van der Waals surface area (Å²) < 4.78 is 7.45. The van der Waals surface area contributed by atoms with E-state index in [0.717, 1.165) is 61.6 Å². The summed E-state index contributed by atoms with van der Waals surface area (Å²) in [5, 5.41) is 9.33. The number of fused-ring (bicyclic) bond motifs is 1. The molecule has 2 aromatic rings. The van der Waals surface area contributed by atoms with E-state index in [2.05, 4.69) is 17.2 Å². The number of hydrogen-bond donors (Lipinski definition) is 0. The molecule has 0 spiro atoms. The normalized spacial score (nSPS) is 20.7. The standard InChI is InChI=1S/C20H27ClN4O2/c1-12-4-5-17-16(10-12)20(27-23-17)15-6-8-24(9-7-15)18(26)11-25-14(3)19(21)13(2)22-25/h12,15H,4-11H2,1-3H3/t12-/m1/s1. The summed E-state index contributed by atoms with van der Waals surface area (Å²) in [5.41, 5.74) is 4.11. The Bertz CT molecular complexity index is 849. The number of carbonyl (C=O) groups is 1. The molecule has 0 unspecified atom stereocenters. The van der Waals surface area contributed by atoms with Crippen LogP contribution in [0.15, 0.2) is 4.52 Å². The average molecular weight is 391 g/mol. The predicted molar refractivity (Wildman–Crippen MR) is 103 cm³/mol. The smallest absolute Gasteiger partial charge is 0.244 e. The van der Waals surface area contributed by atoms with Crippen LogP contribution in [-0.2, 0) is 24.2 Å². The van der Waals surface area contributed by atoms with Crippen molar-refractivity contribution in [1.29, 1.82) is 0 Å². The molecule has 1 aliphatic carbocycles. The number of rotatable bonds is 3. The van der Waals surface area contributed by atoms with Gasteiger partial charge in [0, 0.05) is 24.6 Å². The summed E-state index contributed by atoms with van der Waals surface area (Å²) in [5.74, 6) is 2.25. The highest BCUT2D eigenvalue weighted by molar-refractivity contribution is 6.31. The van der Waals surface area contributed by atoms with E-state index in [1.807, 2.05) is 18.7 Å². The molecular weight excluding hydrogens is 364 g/mol. The number of halogens is 1. The molecule has 0 N–H and O–H groups in total. The summed E-state index contributed by atoms with van der Waals surface area (Å²) in [7, 11) is 0. The summed E-state index contributed by atoms with van der Waals surface area (Å²) in [4.78, 5) is 14.6. The third-order valence-electron chi connectivity index (χ3n) is 6.12. The van der Waals surface area contributed by atoms with Gasteiger partial charge in [0.2, 0.25) is 5.91 Å². The lowest BCUT2D eigenvalue weighted by Gasteiger charge is -2.31. The number of nitrogens with zero attached hydrogens (tertiary/aromatic N) is 4. The molecule has 2 aromatic heterocycles. The minimum absolute atomic E-state index is 0.101. The fourth-order valence-corrected chi connectivity index (χ4v) is 4.51. The molecule has 1 fully saturated rings. The lowest BCUT2D eigenvalue weighted by Crippen LogP contribution is -2.40. The number of aromatic nitrogens is 3. The second kappa shape index (κ2) is 7.30. The van der Waals surface area contributed by atoms with Crippen molar-refractivity contribution in [3.63, 3.8) is 0 Å². The second-order valence-corrected chi connectivity index (χ2v) is 8.50. The SMILES string of the molecule is Cc1nn(CC(=O)N2CCC(c3onc4c3C[C@H](C)CC4)CC2)c(C)c1Cl. The first-order valence-corrected chi connectivity index (χ1v) is 10.3. The monoisotopic (exact) mass is 390 g/mol. The highest BCUT2D eigenvalue weighted by atomic mass is 35.5. The summed E-state index contributed by atoms with van der Waals surface area (Å²) in [6.07, 6.45) is 5.16. The fourth-order valence-electron chi connectivity index (χ4n) is 4.37. The van der Waals surface area contributed by atoms with E-state index in [9.17, 15) is 4.79 Å². The van der Waals surface area contributed by atoms with Gasteiger partial charge >= 0.3 is 0 Å². The van der Waals surface area contributed by atoms with E-state index in [1.165, 1.54) is 12.0 Å². The van der Waals surface area contributed by atoms with Crippen LogP contribution in [-0.4, -0.2) is 38.8 Å². The Morgan fingerprint density at radius 3 is 2.67 bits per heavy atom. The van der Waals surface area contributed by atoms with Gasteiger partial charge in [0.05, 0.1) is 22.1 Å². The maximum Gasteiger partial charge on any atom is 0.244 e. The maximum absolute atomic E-state index is 12.7. The van der Waals surface area contributed by atoms with E-state index < -0.39 is 0 Å². The average Bonchev–Trinajstić information content (AvgIpc) is 3.18. The number of likely N-dealkylation sites (tertiary alicyclic amines) is 1. The molecule has 0 radical (unpaired) electrons. The van der Waals surface area contributed by atoms with Crippen LogP contribution in [0, 0.1) is 19.8 Å². The molecular formula is C20H27ClN4O2. The first-order valence-electron chi connectivity index (χ1n) is 9.88. The van der Waals surface area contributed by atoms with Crippen LogP contribution in [0.4, 0.5) is 0 Å². The first-order chi connectivity index (χ1) is 12.9. The zero-order valence-corrected chi connectivity index (χ0v) is 17.1. The van der Waals surface area contributed by atoms with Crippen LogP contribution in [0.2, 0.25) is 5.02 Å². The van der Waals surface area contributed by atoms with Crippen molar-refractivity contribution in [2.75, 3.05) is 13.1 Å². The molecule has 0 aromatic carbocycles. The Morgan fingerprint density at radius 1 is 1.26 bits per heavy atom. The molecule has 3 heterocycles. The topological polar surface area (TPSA) is 64.2 Å². The Labute approximate surface area is 164 Å². The second-order valence-electron chi connectivity index (χ2n) is 8.12. The quantitative estimate of drug-likeness (QED) is 0.802. The van der Waals surface area contributed by atoms with Crippen molar-refractivity contribution >= 4 is 17.5 Å². The minimum atomic E-state index is 0.101. The van der Waals surface area contributed by atoms with Crippen molar-refractivity contribution in [1.82, 2.24) is 19.8 Å². The van der Waals surface area contributed by atoms with Gasteiger partial charge in [-0.05, 0) is 51.9 Å². The highest BCUT2D eigenvalue weighted by Gasteiger charge is 2.31. The summed E-state index contributed by atoms with van der Waals surface area (Å²) in [6, 6.07) is 0. The molecule has 0 bridgehead atoms. The van der Waals surface area contributed by atoms with Crippen LogP contribution < -0.4 is 0 Å². The van der Waals surface area contributed by atoms with Gasteiger partial charge in [-0.1, -0.05) is 23.7 Å². The first kappa shape index (κ1) is 18.5. The van der Waals surface area contributed by atoms with Gasteiger partial charge in [-0.2, -0.15) is 5.10 Å². The van der Waals surface area contributed by atoms with E-state index in [4.69, 9.17) is 16.1 Å². The van der Waals surface area contributed by atoms with Crippen molar-refractivity contribution in [2.24, 2.45) is 5.92 Å². The molecule has 1 aliphatic heterocycles. The van der Waals surface area contributed by atoms with E-state index in [-0.39, 0.29) is 12.5 Å². The molecule has 7 heteroatoms. The van der Waals surface area contributed by atoms with Crippen molar-refractivity contribution in [3.8, 4) is 0 Å². The largest absolute Gasteiger partial charge is 0.361 e. The molecule has 4 rings (SSSR count). The molecule has 146 valence electrons. The van der Waals surface area contributed by atoms with Crippen LogP contribution in [0.3, 0.4) is 0 Å². The summed E-state index contributed by atoms with van der Waals surface area (Å²) >= 11 is 6.19. The zero-order chi connectivity index (χ0) is 19.1. The van der Waals surface area contributed by atoms with E-state index in [1.54, 1.807) is 4.68 Å². The summed E-state index contributed by atoms with van der Waals surface area (Å²) in [6.45, 7) is 7.81. The Morgan fingerprint density at radius 2 is 2.00 bits per heavy atom. The van der Waals surface area contributed by atoms with Gasteiger partial charge in [-0.25, -0.2) is 0 Å². The maximum atomic E-state index is 12.7. The van der Waals surface area contributed by atoms with E-state index in [0.29, 0.717) is 16.9 Å². The molecule has 1 atom stereocenters. The van der Waals surface area contributed by atoms with Gasteiger partial charge in [-0.15, -0.1) is 0 Å². The Kier molecular flexibility index (Phi) is 5.01. The molecule has 0 saturated carbocycles. The fraction of sp³-hybridized carbons (Fsp3) is 0.650. The van der Waals surface area contributed by atoms with Crippen LogP contribution >= 0.6 is 11.6 Å². The van der Waals surface area contributed by atoms with Crippen molar-refractivity contribution < 1.29 is 9.32 Å². The Balaban J connectivity index is 1.38. The highest BCUT2D eigenvalue weighted by Crippen LogP contribution is 2.36. The van der Waals surface area contributed by atoms with Crippen molar-refractivity contribution in [2.45, 2.75) is 65.3 Å². The Hall–Kier alpha value is -1.82. The molecule has 1 amide bonds. The lowest BCUT2D eigenvalue weighted by atomic mass is 9.83. The van der Waals surface area contributed by atoms with Gasteiger partial charge in [0.15, 0.2) is 0 Å². The van der Waals surface area contributed by atoms with Crippen LogP contribution in [0.5, 0.6) is 0 Å². The molecule has 6 nitrogen and oxygen atoms in total. The molecule has 27 heavy (non-hydrogen) atoms. The number of hydrogen-bond acceptors (Lipinski definition) is 4. The van der Waals surface area contributed by atoms with Crippen molar-refractivity contribution in [3.05, 3.63) is 33.4 Å². The third-order valence-corrected chi connectivity index (χ3v) is 6.67. The predicted octanol–water partition coefficient (Wildman–Crippen LogP) is 3.67. The zero-order valence-electron chi connectivity index (χ0n) is 16.3.